The van der Waals surface area contributed by atoms with Gasteiger partial charge in [0.05, 0.1) is 18.3 Å². The highest BCUT2D eigenvalue weighted by Gasteiger charge is 2.29. The number of fused-ring (bicyclic) bond motifs is 1. The van der Waals surface area contributed by atoms with E-state index in [1.54, 1.807) is 4.90 Å². The molecule has 0 radical (unpaired) electrons. The summed E-state index contributed by atoms with van der Waals surface area (Å²) in [5, 5.41) is 7.40. The number of nitrogens with one attached hydrogen (secondary N) is 1. The third-order valence-electron chi connectivity index (χ3n) is 6.25. The summed E-state index contributed by atoms with van der Waals surface area (Å²) in [6, 6.07) is 7.63. The number of likely N-dealkylation sites (tertiary alicyclic amines) is 1. The summed E-state index contributed by atoms with van der Waals surface area (Å²) in [5.41, 5.74) is 5.17. The number of nitrogens with zero attached hydrogens (tertiary/aromatic N) is 7. The van der Waals surface area contributed by atoms with Crippen LogP contribution in [0.4, 0.5) is 10.5 Å². The van der Waals surface area contributed by atoms with E-state index in [1.807, 2.05) is 60.6 Å². The molecule has 1 aromatic carbocycles. The van der Waals surface area contributed by atoms with Crippen LogP contribution in [-0.2, 0) is 13.6 Å². The highest BCUT2D eigenvalue weighted by atomic mass is 16.5. The summed E-state index contributed by atoms with van der Waals surface area (Å²) < 4.78 is 10.1. The molecule has 10 nitrogen and oxygen atoms in total. The smallest absolute Gasteiger partial charge is 0.321 e. The fourth-order valence-electron chi connectivity index (χ4n) is 4.38. The molecule has 34 heavy (non-hydrogen) atoms. The Hall–Kier alpha value is -3.95. The Morgan fingerprint density at radius 1 is 1.26 bits per heavy atom. The van der Waals surface area contributed by atoms with Crippen LogP contribution in [0.2, 0.25) is 0 Å². The molecule has 4 aromatic rings. The Balaban J connectivity index is 1.33. The van der Waals surface area contributed by atoms with Crippen LogP contribution in [-0.4, -0.2) is 59.4 Å². The monoisotopic (exact) mass is 460 g/mol. The molecule has 4 heterocycles. The second-order valence-corrected chi connectivity index (χ2v) is 8.58. The maximum absolute atomic E-state index is 12.7. The molecule has 0 aliphatic carbocycles. The van der Waals surface area contributed by atoms with E-state index in [1.165, 1.54) is 6.33 Å². The van der Waals surface area contributed by atoms with E-state index in [-0.39, 0.29) is 12.1 Å². The van der Waals surface area contributed by atoms with Crippen LogP contribution < -0.4 is 10.1 Å². The molecule has 1 fully saturated rings. The number of hydrogen-bond acceptors (Lipinski definition) is 6. The molecule has 2 amide bonds. The van der Waals surface area contributed by atoms with Crippen molar-refractivity contribution in [3.8, 4) is 17.3 Å². The first-order valence-corrected chi connectivity index (χ1v) is 11.4. The second kappa shape index (κ2) is 8.77. The molecule has 176 valence electrons. The Kier molecular flexibility index (Phi) is 5.64. The second-order valence-electron chi connectivity index (χ2n) is 8.58. The zero-order valence-corrected chi connectivity index (χ0v) is 19.8. The molecular weight excluding hydrogens is 432 g/mol. The Bertz CT molecular complexity index is 1360. The standard InChI is InChI=1S/C24H28N8O2/c1-5-32-16(3)19(12-27-32)21-29-20-22(30(21)4)25-14-26-23(20)34-18-9-10-31(13-18)24(33)28-17-8-6-7-15(2)11-17/h6-8,11-12,14,18H,5,9-10,13H2,1-4H3,(H,28,33). The van der Waals surface area contributed by atoms with Crippen molar-refractivity contribution < 1.29 is 9.53 Å². The quantitative estimate of drug-likeness (QED) is 0.489. The molecule has 1 atom stereocenters. The van der Waals surface area contributed by atoms with Crippen LogP contribution in [0.1, 0.15) is 24.6 Å². The number of hydrogen-bond donors (Lipinski definition) is 1. The maximum atomic E-state index is 12.7. The fourth-order valence-corrected chi connectivity index (χ4v) is 4.38. The van der Waals surface area contributed by atoms with Crippen LogP contribution in [0.5, 0.6) is 5.88 Å². The Labute approximate surface area is 197 Å². The number of rotatable bonds is 5. The van der Waals surface area contributed by atoms with Gasteiger partial charge in [-0.2, -0.15) is 10.1 Å². The van der Waals surface area contributed by atoms with Crippen LogP contribution in [0.15, 0.2) is 36.8 Å². The van der Waals surface area contributed by atoms with Gasteiger partial charge in [-0.05, 0) is 38.5 Å². The van der Waals surface area contributed by atoms with Crippen LogP contribution in [0.3, 0.4) is 0 Å². The highest BCUT2D eigenvalue weighted by Crippen LogP contribution is 2.30. The van der Waals surface area contributed by atoms with Crippen molar-refractivity contribution >= 4 is 22.9 Å². The largest absolute Gasteiger partial charge is 0.471 e. The van der Waals surface area contributed by atoms with Gasteiger partial charge >= 0.3 is 6.03 Å². The van der Waals surface area contributed by atoms with Crippen molar-refractivity contribution in [2.45, 2.75) is 39.8 Å². The lowest BCUT2D eigenvalue weighted by Crippen LogP contribution is -2.34. The number of aryl methyl sites for hydroxylation is 3. The third kappa shape index (κ3) is 3.95. The van der Waals surface area contributed by atoms with Crippen molar-refractivity contribution in [1.82, 2.24) is 34.2 Å². The van der Waals surface area contributed by atoms with Crippen LogP contribution in [0, 0.1) is 13.8 Å². The minimum Gasteiger partial charge on any atom is -0.471 e. The maximum Gasteiger partial charge on any atom is 0.321 e. The van der Waals surface area contributed by atoms with Gasteiger partial charge in [-0.1, -0.05) is 12.1 Å². The predicted molar refractivity (Wildman–Crippen MR) is 129 cm³/mol. The highest BCUT2D eigenvalue weighted by molar-refractivity contribution is 5.89. The van der Waals surface area contributed by atoms with E-state index in [4.69, 9.17) is 9.72 Å². The topological polar surface area (TPSA) is 103 Å². The molecule has 1 saturated heterocycles. The molecule has 0 spiro atoms. The van der Waals surface area contributed by atoms with Crippen molar-refractivity contribution in [3.05, 3.63) is 48.0 Å². The summed E-state index contributed by atoms with van der Waals surface area (Å²) in [5.74, 6) is 1.20. The van der Waals surface area contributed by atoms with Crippen molar-refractivity contribution in [2.24, 2.45) is 7.05 Å². The summed E-state index contributed by atoms with van der Waals surface area (Å²) in [6.45, 7) is 7.97. The summed E-state index contributed by atoms with van der Waals surface area (Å²) in [4.78, 5) is 28.1. The number of carbonyl (C=O) groups excluding carboxylic acids is 1. The Morgan fingerprint density at radius 3 is 2.88 bits per heavy atom. The van der Waals surface area contributed by atoms with E-state index < -0.39 is 0 Å². The van der Waals surface area contributed by atoms with E-state index in [9.17, 15) is 4.79 Å². The van der Waals surface area contributed by atoms with Gasteiger partial charge in [0.25, 0.3) is 0 Å². The number of ether oxygens (including phenoxy) is 1. The molecule has 1 aliphatic rings. The van der Waals surface area contributed by atoms with E-state index in [0.717, 1.165) is 41.3 Å². The predicted octanol–water partition coefficient (Wildman–Crippen LogP) is 3.55. The zero-order valence-electron chi connectivity index (χ0n) is 19.8. The van der Waals surface area contributed by atoms with Gasteiger partial charge in [-0.3, -0.25) is 4.68 Å². The third-order valence-corrected chi connectivity index (χ3v) is 6.25. The summed E-state index contributed by atoms with van der Waals surface area (Å²) >= 11 is 0. The minimum atomic E-state index is -0.170. The molecule has 0 bridgehead atoms. The molecule has 3 aromatic heterocycles. The molecular formula is C24H28N8O2. The van der Waals surface area contributed by atoms with Gasteiger partial charge in [0, 0.05) is 37.9 Å². The van der Waals surface area contributed by atoms with Gasteiger partial charge in [-0.25, -0.2) is 14.8 Å². The van der Waals surface area contributed by atoms with Crippen molar-refractivity contribution in [2.75, 3.05) is 18.4 Å². The average Bonchev–Trinajstić information content (AvgIpc) is 3.52. The molecule has 1 N–H and O–H groups in total. The number of benzene rings is 1. The normalized spacial score (nSPS) is 15.8. The number of aromatic nitrogens is 6. The van der Waals surface area contributed by atoms with Crippen LogP contribution >= 0.6 is 0 Å². The van der Waals surface area contributed by atoms with Gasteiger partial charge in [-0.15, -0.1) is 0 Å². The van der Waals surface area contributed by atoms with Gasteiger partial charge in [0.15, 0.2) is 11.2 Å². The SMILES string of the molecule is CCn1ncc(-c2nc3c(OC4CCN(C(=O)Nc5cccc(C)c5)C4)ncnc3n2C)c1C. The van der Waals surface area contributed by atoms with E-state index in [2.05, 4.69) is 27.3 Å². The summed E-state index contributed by atoms with van der Waals surface area (Å²) in [7, 11) is 1.93. The number of urea groups is 1. The lowest BCUT2D eigenvalue weighted by molar-refractivity contribution is 0.191. The fraction of sp³-hybridized carbons (Fsp3) is 0.375. The van der Waals surface area contributed by atoms with Gasteiger partial charge in [0.2, 0.25) is 5.88 Å². The molecule has 0 saturated carbocycles. The first kappa shape index (κ1) is 21.9. The van der Waals surface area contributed by atoms with E-state index in [0.29, 0.717) is 30.1 Å². The average molecular weight is 461 g/mol. The van der Waals surface area contributed by atoms with Crippen LogP contribution in [0.25, 0.3) is 22.6 Å². The zero-order chi connectivity index (χ0) is 23.8. The number of imidazole rings is 1. The first-order valence-electron chi connectivity index (χ1n) is 11.4. The lowest BCUT2D eigenvalue weighted by Gasteiger charge is -2.18. The lowest BCUT2D eigenvalue weighted by atomic mass is 10.2. The molecule has 10 heteroatoms. The first-order chi connectivity index (χ1) is 16.4. The molecule has 5 rings (SSSR count). The van der Waals surface area contributed by atoms with E-state index >= 15 is 0 Å². The minimum absolute atomic E-state index is 0.131. The number of anilines is 1. The summed E-state index contributed by atoms with van der Waals surface area (Å²) in [6.07, 6.45) is 3.86. The number of amides is 2. The molecule has 1 unspecified atom stereocenters. The van der Waals surface area contributed by atoms with Gasteiger partial charge < -0.3 is 19.5 Å². The Morgan fingerprint density at radius 2 is 2.12 bits per heavy atom. The molecule has 1 aliphatic heterocycles. The van der Waals surface area contributed by atoms with Gasteiger partial charge in [0.1, 0.15) is 18.3 Å². The van der Waals surface area contributed by atoms with Crippen molar-refractivity contribution in [1.29, 1.82) is 0 Å². The van der Waals surface area contributed by atoms with Crippen molar-refractivity contribution in [3.63, 3.8) is 0 Å². The number of carbonyl (C=O) groups is 1.